The average Bonchev–Trinajstić information content (AvgIpc) is 2.13. The Hall–Kier alpha value is -0.830. The Morgan fingerprint density at radius 1 is 1.78 bits per heavy atom. The van der Waals surface area contributed by atoms with Crippen molar-refractivity contribution in [1.82, 2.24) is 9.55 Å². The molecule has 1 rings (SSSR count). The van der Waals surface area contributed by atoms with Crippen molar-refractivity contribution in [1.29, 1.82) is 0 Å². The lowest BCUT2D eigenvalue weighted by atomic mass is 10.3. The fourth-order valence-electron chi connectivity index (χ4n) is 0.816. The zero-order chi connectivity index (χ0) is 6.85. The highest BCUT2D eigenvalue weighted by atomic mass is 15.1. The van der Waals surface area contributed by atoms with Crippen LogP contribution in [0.2, 0.25) is 0 Å². The molecule has 1 atom stereocenters. The molecule has 3 heteroatoms. The summed E-state index contributed by atoms with van der Waals surface area (Å²) in [4.78, 5) is 4.05. The Labute approximate surface area is 54.5 Å². The number of nitrogens with two attached hydrogens (primary N) is 1. The number of aromatic nitrogens is 2. The lowest BCUT2D eigenvalue weighted by molar-refractivity contribution is 0.686. The molecule has 1 heterocycles. The Morgan fingerprint density at radius 2 is 2.44 bits per heavy atom. The Morgan fingerprint density at radius 3 is 2.67 bits per heavy atom. The second kappa shape index (κ2) is 2.19. The van der Waals surface area contributed by atoms with Gasteiger partial charge >= 0.3 is 0 Å². The van der Waals surface area contributed by atoms with Crippen LogP contribution in [-0.2, 0) is 7.05 Å². The fraction of sp³-hybridized carbons (Fsp3) is 0.500. The smallest absolute Gasteiger partial charge is 0.125 e. The van der Waals surface area contributed by atoms with E-state index in [-0.39, 0.29) is 6.04 Å². The number of hydrogen-bond acceptors (Lipinski definition) is 2. The van der Waals surface area contributed by atoms with E-state index in [0.717, 1.165) is 5.82 Å². The van der Waals surface area contributed by atoms with Crippen molar-refractivity contribution in [2.75, 3.05) is 0 Å². The number of aryl methyl sites for hydroxylation is 1. The summed E-state index contributed by atoms with van der Waals surface area (Å²) >= 11 is 0. The van der Waals surface area contributed by atoms with Gasteiger partial charge in [-0.3, -0.25) is 0 Å². The molecular formula is C6H11N3. The van der Waals surface area contributed by atoms with E-state index < -0.39 is 0 Å². The third-order valence-corrected chi connectivity index (χ3v) is 1.27. The molecule has 50 valence electrons. The maximum absolute atomic E-state index is 5.58. The van der Waals surface area contributed by atoms with Gasteiger partial charge in [-0.1, -0.05) is 0 Å². The van der Waals surface area contributed by atoms with Gasteiger partial charge in [-0.25, -0.2) is 4.98 Å². The van der Waals surface area contributed by atoms with Crippen LogP contribution in [0.15, 0.2) is 12.4 Å². The van der Waals surface area contributed by atoms with E-state index >= 15 is 0 Å². The van der Waals surface area contributed by atoms with E-state index in [1.165, 1.54) is 0 Å². The topological polar surface area (TPSA) is 43.8 Å². The normalized spacial score (nSPS) is 13.7. The maximum atomic E-state index is 5.58. The maximum Gasteiger partial charge on any atom is 0.125 e. The molecule has 0 aromatic carbocycles. The molecule has 0 unspecified atom stereocenters. The van der Waals surface area contributed by atoms with Crippen molar-refractivity contribution in [3.63, 3.8) is 0 Å². The fourth-order valence-corrected chi connectivity index (χ4v) is 0.816. The molecule has 0 aliphatic heterocycles. The molecule has 1 aromatic heterocycles. The van der Waals surface area contributed by atoms with Crippen molar-refractivity contribution in [2.24, 2.45) is 12.8 Å². The average molecular weight is 125 g/mol. The molecule has 0 aliphatic rings. The highest BCUT2D eigenvalue weighted by molar-refractivity contribution is 4.95. The number of imidazole rings is 1. The Balaban J connectivity index is 2.94. The molecule has 0 saturated heterocycles. The summed E-state index contributed by atoms with van der Waals surface area (Å²) in [5.41, 5.74) is 5.58. The Kier molecular flexibility index (Phi) is 1.53. The first-order valence-corrected chi connectivity index (χ1v) is 2.94. The van der Waals surface area contributed by atoms with Gasteiger partial charge in [0.15, 0.2) is 0 Å². The van der Waals surface area contributed by atoms with Crippen LogP contribution in [0.3, 0.4) is 0 Å². The Bertz CT molecular complexity index is 190. The van der Waals surface area contributed by atoms with Crippen LogP contribution >= 0.6 is 0 Å². The molecular weight excluding hydrogens is 114 g/mol. The standard InChI is InChI=1S/C6H11N3/c1-5(7)6-8-3-4-9(6)2/h3-5H,7H2,1-2H3/t5-/m0/s1. The molecule has 0 radical (unpaired) electrons. The third-order valence-electron chi connectivity index (χ3n) is 1.27. The predicted molar refractivity (Wildman–Crippen MR) is 35.8 cm³/mol. The third kappa shape index (κ3) is 1.10. The largest absolute Gasteiger partial charge is 0.337 e. The molecule has 0 bridgehead atoms. The molecule has 0 amide bonds. The molecule has 0 saturated carbocycles. The van der Waals surface area contributed by atoms with Gasteiger partial charge in [0.1, 0.15) is 5.82 Å². The summed E-state index contributed by atoms with van der Waals surface area (Å²) in [7, 11) is 1.94. The summed E-state index contributed by atoms with van der Waals surface area (Å²) in [5, 5.41) is 0. The van der Waals surface area contributed by atoms with E-state index in [2.05, 4.69) is 4.98 Å². The van der Waals surface area contributed by atoms with Crippen LogP contribution in [-0.4, -0.2) is 9.55 Å². The second-order valence-electron chi connectivity index (χ2n) is 2.19. The minimum absolute atomic E-state index is 0.0324. The summed E-state index contributed by atoms with van der Waals surface area (Å²) in [6.07, 6.45) is 3.64. The van der Waals surface area contributed by atoms with Gasteiger partial charge < -0.3 is 10.3 Å². The van der Waals surface area contributed by atoms with Gasteiger partial charge in [-0.05, 0) is 6.92 Å². The first-order valence-electron chi connectivity index (χ1n) is 2.94. The van der Waals surface area contributed by atoms with Crippen molar-refractivity contribution in [3.05, 3.63) is 18.2 Å². The number of rotatable bonds is 1. The minimum Gasteiger partial charge on any atom is -0.337 e. The van der Waals surface area contributed by atoms with E-state index in [9.17, 15) is 0 Å². The molecule has 0 spiro atoms. The summed E-state index contributed by atoms with van der Waals surface area (Å²) in [6, 6.07) is 0.0324. The van der Waals surface area contributed by atoms with Crippen molar-refractivity contribution in [2.45, 2.75) is 13.0 Å². The lowest BCUT2D eigenvalue weighted by Crippen LogP contribution is -2.10. The van der Waals surface area contributed by atoms with Gasteiger partial charge in [0.05, 0.1) is 6.04 Å². The molecule has 3 nitrogen and oxygen atoms in total. The van der Waals surface area contributed by atoms with Crippen LogP contribution in [0.5, 0.6) is 0 Å². The van der Waals surface area contributed by atoms with E-state index in [0.29, 0.717) is 0 Å². The van der Waals surface area contributed by atoms with Gasteiger partial charge in [-0.2, -0.15) is 0 Å². The summed E-state index contributed by atoms with van der Waals surface area (Å²) in [5.74, 6) is 0.926. The first-order chi connectivity index (χ1) is 4.22. The van der Waals surface area contributed by atoms with Crippen LogP contribution in [0, 0.1) is 0 Å². The molecule has 1 aromatic rings. The zero-order valence-electron chi connectivity index (χ0n) is 5.70. The van der Waals surface area contributed by atoms with Crippen LogP contribution in [0.25, 0.3) is 0 Å². The van der Waals surface area contributed by atoms with Gasteiger partial charge in [0.2, 0.25) is 0 Å². The molecule has 0 aliphatic carbocycles. The number of nitrogens with zero attached hydrogens (tertiary/aromatic N) is 2. The highest BCUT2D eigenvalue weighted by Gasteiger charge is 2.01. The second-order valence-corrected chi connectivity index (χ2v) is 2.19. The first kappa shape index (κ1) is 6.29. The van der Waals surface area contributed by atoms with Gasteiger partial charge in [-0.15, -0.1) is 0 Å². The van der Waals surface area contributed by atoms with E-state index in [1.807, 2.05) is 24.7 Å². The van der Waals surface area contributed by atoms with E-state index in [4.69, 9.17) is 5.73 Å². The SMILES string of the molecule is C[C@H](N)c1nccn1C. The quantitative estimate of drug-likeness (QED) is 0.591. The molecule has 2 N–H and O–H groups in total. The van der Waals surface area contributed by atoms with Crippen molar-refractivity contribution in [3.8, 4) is 0 Å². The van der Waals surface area contributed by atoms with Crippen molar-refractivity contribution < 1.29 is 0 Å². The van der Waals surface area contributed by atoms with Crippen LogP contribution in [0.1, 0.15) is 18.8 Å². The summed E-state index contributed by atoms with van der Waals surface area (Å²) in [6.45, 7) is 1.92. The van der Waals surface area contributed by atoms with Crippen molar-refractivity contribution >= 4 is 0 Å². The van der Waals surface area contributed by atoms with E-state index in [1.54, 1.807) is 6.20 Å². The lowest BCUT2D eigenvalue weighted by Gasteiger charge is -2.02. The van der Waals surface area contributed by atoms with Crippen LogP contribution in [0.4, 0.5) is 0 Å². The molecule has 0 fully saturated rings. The van der Waals surface area contributed by atoms with Gasteiger partial charge in [0.25, 0.3) is 0 Å². The highest BCUT2D eigenvalue weighted by Crippen LogP contribution is 2.02. The number of hydrogen-bond donors (Lipinski definition) is 1. The van der Waals surface area contributed by atoms with Crippen LogP contribution < -0.4 is 5.73 Å². The van der Waals surface area contributed by atoms with Gasteiger partial charge in [0, 0.05) is 19.4 Å². The molecule has 9 heavy (non-hydrogen) atoms. The summed E-state index contributed by atoms with van der Waals surface area (Å²) < 4.78 is 1.92. The zero-order valence-corrected chi connectivity index (χ0v) is 5.70. The monoisotopic (exact) mass is 125 g/mol. The minimum atomic E-state index is 0.0324. The predicted octanol–water partition coefficient (Wildman–Crippen LogP) is 0.440.